The Balaban J connectivity index is 2.42. The highest BCUT2D eigenvalue weighted by Crippen LogP contribution is 2.25. The van der Waals surface area contributed by atoms with Gasteiger partial charge in [0.1, 0.15) is 5.75 Å². The molecule has 0 fully saturated rings. The lowest BCUT2D eigenvalue weighted by Gasteiger charge is -2.31. The first-order valence-corrected chi connectivity index (χ1v) is 10.1. The van der Waals surface area contributed by atoms with Crippen LogP contribution in [0.4, 0.5) is 0 Å². The molecule has 1 N–H and O–H groups in total. The van der Waals surface area contributed by atoms with E-state index in [9.17, 15) is 13.5 Å². The molecule has 142 valence electrons. The molecule has 5 nitrogen and oxygen atoms in total. The molecular formula is C20H27NO4S. The molecule has 1 atom stereocenters. The summed E-state index contributed by atoms with van der Waals surface area (Å²) in [4.78, 5) is 0.191. The topological polar surface area (TPSA) is 66.8 Å². The largest absolute Gasteiger partial charge is 0.497 e. The average Bonchev–Trinajstić information content (AvgIpc) is 2.65. The lowest BCUT2D eigenvalue weighted by molar-refractivity contribution is 0.164. The fourth-order valence-corrected chi connectivity index (χ4v) is 4.50. The van der Waals surface area contributed by atoms with E-state index in [0.717, 1.165) is 5.56 Å². The van der Waals surface area contributed by atoms with Crippen molar-refractivity contribution in [2.24, 2.45) is 5.92 Å². The molecular weight excluding hydrogens is 350 g/mol. The van der Waals surface area contributed by atoms with E-state index < -0.39 is 16.1 Å². The van der Waals surface area contributed by atoms with Crippen molar-refractivity contribution >= 4 is 10.0 Å². The Hall–Kier alpha value is -1.89. The lowest BCUT2D eigenvalue weighted by atomic mass is 10.0. The SMILES string of the molecule is COc1ccc(S(=O)(=O)N(Cc2ccccc2)C(CO)CC(C)C)cc1. The van der Waals surface area contributed by atoms with Gasteiger partial charge in [-0.15, -0.1) is 0 Å². The summed E-state index contributed by atoms with van der Waals surface area (Å²) in [5, 5.41) is 9.89. The van der Waals surface area contributed by atoms with Crippen LogP contribution in [0.2, 0.25) is 0 Å². The number of aliphatic hydroxyl groups is 1. The van der Waals surface area contributed by atoms with Gasteiger partial charge in [-0.25, -0.2) is 8.42 Å². The first-order valence-electron chi connectivity index (χ1n) is 8.69. The minimum Gasteiger partial charge on any atom is -0.497 e. The van der Waals surface area contributed by atoms with Gasteiger partial charge in [0.2, 0.25) is 10.0 Å². The average molecular weight is 378 g/mol. The number of hydrogen-bond donors (Lipinski definition) is 1. The van der Waals surface area contributed by atoms with Gasteiger partial charge in [0.15, 0.2) is 0 Å². The third kappa shape index (κ3) is 5.06. The summed E-state index contributed by atoms with van der Waals surface area (Å²) in [6.45, 7) is 4.03. The van der Waals surface area contributed by atoms with E-state index in [0.29, 0.717) is 12.2 Å². The number of nitrogens with zero attached hydrogens (tertiary/aromatic N) is 1. The Morgan fingerprint density at radius 1 is 1.04 bits per heavy atom. The number of methoxy groups -OCH3 is 1. The van der Waals surface area contributed by atoms with E-state index in [4.69, 9.17) is 4.74 Å². The summed E-state index contributed by atoms with van der Waals surface area (Å²) in [5.41, 5.74) is 0.881. The molecule has 0 saturated carbocycles. The van der Waals surface area contributed by atoms with Gasteiger partial charge >= 0.3 is 0 Å². The molecule has 2 aromatic carbocycles. The van der Waals surface area contributed by atoms with Crippen molar-refractivity contribution in [3.05, 3.63) is 60.2 Å². The van der Waals surface area contributed by atoms with Gasteiger partial charge in [-0.1, -0.05) is 44.2 Å². The van der Waals surface area contributed by atoms with E-state index in [1.54, 1.807) is 12.1 Å². The third-order valence-corrected chi connectivity index (χ3v) is 6.12. The third-order valence-electron chi connectivity index (χ3n) is 4.21. The Labute approximate surface area is 156 Å². The predicted molar refractivity (Wildman–Crippen MR) is 102 cm³/mol. The van der Waals surface area contributed by atoms with Crippen molar-refractivity contribution in [3.8, 4) is 5.75 Å². The fourth-order valence-electron chi connectivity index (χ4n) is 2.88. The molecule has 0 radical (unpaired) electrons. The van der Waals surface area contributed by atoms with Crippen molar-refractivity contribution in [1.82, 2.24) is 4.31 Å². The van der Waals surface area contributed by atoms with Crippen LogP contribution in [0.25, 0.3) is 0 Å². The summed E-state index contributed by atoms with van der Waals surface area (Å²) < 4.78 is 33.1. The van der Waals surface area contributed by atoms with Crippen LogP contribution < -0.4 is 4.74 Å². The maximum atomic E-state index is 13.3. The Kier molecular flexibility index (Phi) is 7.20. The van der Waals surface area contributed by atoms with Crippen LogP contribution in [0.3, 0.4) is 0 Å². The number of rotatable bonds is 9. The highest BCUT2D eigenvalue weighted by molar-refractivity contribution is 7.89. The maximum absolute atomic E-state index is 13.3. The molecule has 0 bridgehead atoms. The van der Waals surface area contributed by atoms with Crippen LogP contribution >= 0.6 is 0 Å². The first kappa shape index (κ1) is 20.4. The van der Waals surface area contributed by atoms with Crippen molar-refractivity contribution in [2.75, 3.05) is 13.7 Å². The van der Waals surface area contributed by atoms with Gasteiger partial charge < -0.3 is 9.84 Å². The summed E-state index contributed by atoms with van der Waals surface area (Å²) in [6, 6.07) is 15.3. The van der Waals surface area contributed by atoms with Crippen molar-refractivity contribution in [3.63, 3.8) is 0 Å². The zero-order valence-corrected chi connectivity index (χ0v) is 16.3. The number of sulfonamides is 1. The Bertz CT molecular complexity index is 773. The number of aliphatic hydroxyl groups excluding tert-OH is 1. The second-order valence-electron chi connectivity index (χ2n) is 6.68. The van der Waals surface area contributed by atoms with Gasteiger partial charge in [-0.3, -0.25) is 0 Å². The van der Waals surface area contributed by atoms with Crippen LogP contribution in [0.15, 0.2) is 59.5 Å². The first-order chi connectivity index (χ1) is 12.4. The van der Waals surface area contributed by atoms with Crippen LogP contribution in [0.1, 0.15) is 25.8 Å². The molecule has 0 aliphatic carbocycles. The van der Waals surface area contributed by atoms with Crippen LogP contribution in [-0.4, -0.2) is 37.6 Å². The summed E-state index contributed by atoms with van der Waals surface area (Å²) in [6.07, 6.45) is 0.582. The van der Waals surface area contributed by atoms with Crippen molar-refractivity contribution in [1.29, 1.82) is 0 Å². The molecule has 0 aromatic heterocycles. The Morgan fingerprint density at radius 2 is 1.65 bits per heavy atom. The number of ether oxygens (including phenoxy) is 1. The molecule has 0 heterocycles. The van der Waals surface area contributed by atoms with Gasteiger partial charge in [0.05, 0.1) is 18.6 Å². The van der Waals surface area contributed by atoms with E-state index in [1.807, 2.05) is 44.2 Å². The highest BCUT2D eigenvalue weighted by Gasteiger charge is 2.31. The molecule has 0 aliphatic rings. The fraction of sp³-hybridized carbons (Fsp3) is 0.400. The Morgan fingerprint density at radius 3 is 2.15 bits per heavy atom. The van der Waals surface area contributed by atoms with Crippen LogP contribution in [-0.2, 0) is 16.6 Å². The number of benzene rings is 2. The molecule has 0 saturated heterocycles. The molecule has 26 heavy (non-hydrogen) atoms. The second-order valence-corrected chi connectivity index (χ2v) is 8.57. The van der Waals surface area contributed by atoms with Gasteiger partial charge in [0, 0.05) is 12.6 Å². The minimum atomic E-state index is -3.76. The zero-order valence-electron chi connectivity index (χ0n) is 15.5. The van der Waals surface area contributed by atoms with Gasteiger partial charge in [-0.2, -0.15) is 4.31 Å². The second kappa shape index (κ2) is 9.16. The zero-order chi connectivity index (χ0) is 19.2. The molecule has 2 rings (SSSR count). The molecule has 6 heteroatoms. The molecule has 0 spiro atoms. The van der Waals surface area contributed by atoms with Gasteiger partial charge in [-0.05, 0) is 42.2 Å². The summed E-state index contributed by atoms with van der Waals surface area (Å²) in [5.74, 6) is 0.857. The maximum Gasteiger partial charge on any atom is 0.243 e. The van der Waals surface area contributed by atoms with E-state index >= 15 is 0 Å². The standard InChI is InChI=1S/C20H27NO4S/c1-16(2)13-18(15-22)21(14-17-7-5-4-6-8-17)26(23,24)20-11-9-19(25-3)10-12-20/h4-12,16,18,22H,13-15H2,1-3H3. The number of hydrogen-bond acceptors (Lipinski definition) is 4. The summed E-state index contributed by atoms with van der Waals surface area (Å²) >= 11 is 0. The summed E-state index contributed by atoms with van der Waals surface area (Å²) in [7, 11) is -2.23. The molecule has 0 amide bonds. The van der Waals surface area contributed by atoms with Crippen molar-refractivity contribution < 1.29 is 18.3 Å². The predicted octanol–water partition coefficient (Wildman–Crippen LogP) is 3.29. The quantitative estimate of drug-likeness (QED) is 0.728. The van der Waals surface area contributed by atoms with Crippen LogP contribution in [0.5, 0.6) is 5.75 Å². The van der Waals surface area contributed by atoms with Crippen LogP contribution in [0, 0.1) is 5.92 Å². The van der Waals surface area contributed by atoms with Gasteiger partial charge in [0.25, 0.3) is 0 Å². The smallest absolute Gasteiger partial charge is 0.243 e. The minimum absolute atomic E-state index is 0.191. The normalized spacial score (nSPS) is 13.2. The molecule has 0 aliphatic heterocycles. The van der Waals surface area contributed by atoms with Crippen molar-refractivity contribution in [2.45, 2.75) is 37.8 Å². The monoisotopic (exact) mass is 377 g/mol. The highest BCUT2D eigenvalue weighted by atomic mass is 32.2. The van der Waals surface area contributed by atoms with E-state index in [2.05, 4.69) is 0 Å². The molecule has 1 unspecified atom stereocenters. The lowest BCUT2D eigenvalue weighted by Crippen LogP contribution is -2.42. The van der Waals surface area contributed by atoms with E-state index in [1.165, 1.54) is 23.5 Å². The van der Waals surface area contributed by atoms with E-state index in [-0.39, 0.29) is 24.0 Å². The molecule has 2 aromatic rings.